The standard InChI is InChI=1S/C15H12ClN3O5/c1-9(14(20)18-13-7-6-10(16)8-17-13)24-15(21)11-4-2-3-5-12(11)19(22)23/h2-9H,1H3,(H,17,18,20)/t9-/m0/s1. The van der Waals surface area contributed by atoms with Crippen LogP contribution in [0.5, 0.6) is 0 Å². The van der Waals surface area contributed by atoms with Crippen LogP contribution >= 0.6 is 11.6 Å². The summed E-state index contributed by atoms with van der Waals surface area (Å²) in [6.07, 6.45) is 0.177. The maximum Gasteiger partial charge on any atom is 0.345 e. The molecule has 1 atom stereocenters. The molecule has 2 aromatic rings. The van der Waals surface area contributed by atoms with Crippen molar-refractivity contribution < 1.29 is 19.2 Å². The van der Waals surface area contributed by atoms with Gasteiger partial charge in [0.15, 0.2) is 6.10 Å². The molecule has 1 aromatic heterocycles. The molecule has 1 amide bonds. The van der Waals surface area contributed by atoms with Gasteiger partial charge in [-0.05, 0) is 25.1 Å². The zero-order valence-corrected chi connectivity index (χ0v) is 13.2. The maximum atomic E-state index is 12.0. The SMILES string of the molecule is C[C@H](OC(=O)c1ccccc1[N+](=O)[O-])C(=O)Nc1ccc(Cl)cn1. The molecule has 1 N–H and O–H groups in total. The Morgan fingerprint density at radius 1 is 1.29 bits per heavy atom. The molecular weight excluding hydrogens is 338 g/mol. The summed E-state index contributed by atoms with van der Waals surface area (Å²) in [5, 5.41) is 13.8. The van der Waals surface area contributed by atoms with Gasteiger partial charge in [-0.2, -0.15) is 0 Å². The minimum Gasteiger partial charge on any atom is -0.449 e. The number of nitro groups is 1. The van der Waals surface area contributed by atoms with E-state index in [0.29, 0.717) is 5.02 Å². The number of anilines is 1. The third-order valence-electron chi connectivity index (χ3n) is 2.95. The van der Waals surface area contributed by atoms with Gasteiger partial charge in [0.2, 0.25) is 0 Å². The van der Waals surface area contributed by atoms with Gasteiger partial charge in [-0.15, -0.1) is 0 Å². The molecule has 0 radical (unpaired) electrons. The van der Waals surface area contributed by atoms with Crippen molar-refractivity contribution >= 4 is 35.0 Å². The smallest absolute Gasteiger partial charge is 0.345 e. The predicted molar refractivity (Wildman–Crippen MR) is 85.9 cm³/mol. The van der Waals surface area contributed by atoms with E-state index in [2.05, 4.69) is 10.3 Å². The number of nitro benzene ring substituents is 1. The van der Waals surface area contributed by atoms with E-state index >= 15 is 0 Å². The van der Waals surface area contributed by atoms with Gasteiger partial charge in [0.25, 0.3) is 11.6 Å². The summed E-state index contributed by atoms with van der Waals surface area (Å²) >= 11 is 5.69. The Labute approximate surface area is 141 Å². The van der Waals surface area contributed by atoms with E-state index < -0.39 is 28.6 Å². The second-order valence-corrected chi connectivity index (χ2v) is 5.11. The highest BCUT2D eigenvalue weighted by Crippen LogP contribution is 2.19. The van der Waals surface area contributed by atoms with Crippen molar-refractivity contribution in [1.29, 1.82) is 0 Å². The Bertz CT molecular complexity index is 779. The fraction of sp³-hybridized carbons (Fsp3) is 0.133. The van der Waals surface area contributed by atoms with E-state index in [1.54, 1.807) is 0 Å². The van der Waals surface area contributed by atoms with Gasteiger partial charge in [-0.25, -0.2) is 9.78 Å². The summed E-state index contributed by atoms with van der Waals surface area (Å²) in [6, 6.07) is 8.35. The molecular formula is C15H12ClN3O5. The first-order valence-electron chi connectivity index (χ1n) is 6.75. The molecule has 124 valence electrons. The van der Waals surface area contributed by atoms with Crippen LogP contribution in [0.2, 0.25) is 5.02 Å². The number of halogens is 1. The fourth-order valence-electron chi connectivity index (χ4n) is 1.76. The summed E-state index contributed by atoms with van der Waals surface area (Å²) < 4.78 is 4.98. The quantitative estimate of drug-likeness (QED) is 0.504. The van der Waals surface area contributed by atoms with Crippen LogP contribution in [-0.2, 0) is 9.53 Å². The van der Waals surface area contributed by atoms with E-state index in [9.17, 15) is 19.7 Å². The maximum absolute atomic E-state index is 12.0. The number of ether oxygens (including phenoxy) is 1. The highest BCUT2D eigenvalue weighted by atomic mass is 35.5. The zero-order valence-electron chi connectivity index (χ0n) is 12.4. The highest BCUT2D eigenvalue weighted by Gasteiger charge is 2.25. The molecule has 0 fully saturated rings. The Morgan fingerprint density at radius 3 is 2.62 bits per heavy atom. The number of hydrogen-bond donors (Lipinski definition) is 1. The minimum absolute atomic E-state index is 0.230. The third-order valence-corrected chi connectivity index (χ3v) is 3.18. The number of hydrogen-bond acceptors (Lipinski definition) is 6. The highest BCUT2D eigenvalue weighted by molar-refractivity contribution is 6.30. The van der Waals surface area contributed by atoms with Crippen molar-refractivity contribution in [1.82, 2.24) is 4.98 Å². The van der Waals surface area contributed by atoms with Gasteiger partial charge < -0.3 is 10.1 Å². The van der Waals surface area contributed by atoms with Crippen LogP contribution < -0.4 is 5.32 Å². The van der Waals surface area contributed by atoms with Crippen LogP contribution in [0, 0.1) is 10.1 Å². The minimum atomic E-state index is -1.17. The monoisotopic (exact) mass is 349 g/mol. The second kappa shape index (κ2) is 7.51. The average molecular weight is 350 g/mol. The Balaban J connectivity index is 2.04. The number of aromatic nitrogens is 1. The molecule has 0 aliphatic heterocycles. The van der Waals surface area contributed by atoms with Crippen LogP contribution in [0.3, 0.4) is 0 Å². The summed E-state index contributed by atoms with van der Waals surface area (Å²) in [6.45, 7) is 1.35. The number of carbonyl (C=O) groups is 2. The lowest BCUT2D eigenvalue weighted by molar-refractivity contribution is -0.385. The molecule has 0 unspecified atom stereocenters. The number of esters is 1. The summed E-state index contributed by atoms with van der Waals surface area (Å²) in [5.74, 6) is -1.36. The molecule has 0 aliphatic rings. The van der Waals surface area contributed by atoms with Crippen LogP contribution in [-0.4, -0.2) is 27.9 Å². The van der Waals surface area contributed by atoms with Gasteiger partial charge in [0, 0.05) is 12.3 Å². The third kappa shape index (κ3) is 4.26. The molecule has 2 rings (SSSR count). The number of nitrogens with one attached hydrogen (secondary N) is 1. The predicted octanol–water partition coefficient (Wildman–Crippen LogP) is 2.83. The summed E-state index contributed by atoms with van der Waals surface area (Å²) in [7, 11) is 0. The lowest BCUT2D eigenvalue weighted by atomic mass is 10.2. The number of nitrogens with zero attached hydrogens (tertiary/aromatic N) is 2. The normalized spacial score (nSPS) is 11.4. The van der Waals surface area contributed by atoms with Crippen molar-refractivity contribution in [3.63, 3.8) is 0 Å². The Kier molecular flexibility index (Phi) is 5.43. The van der Waals surface area contributed by atoms with Crippen LogP contribution in [0.4, 0.5) is 11.5 Å². The van der Waals surface area contributed by atoms with Crippen molar-refractivity contribution in [2.24, 2.45) is 0 Å². The van der Waals surface area contributed by atoms with Crippen LogP contribution in [0.1, 0.15) is 17.3 Å². The molecule has 0 saturated heterocycles. The van der Waals surface area contributed by atoms with E-state index in [-0.39, 0.29) is 11.4 Å². The fourth-order valence-corrected chi connectivity index (χ4v) is 1.87. The van der Waals surface area contributed by atoms with Crippen molar-refractivity contribution in [3.05, 3.63) is 63.3 Å². The molecule has 0 bridgehead atoms. The van der Waals surface area contributed by atoms with E-state index in [1.165, 1.54) is 49.5 Å². The van der Waals surface area contributed by atoms with E-state index in [0.717, 1.165) is 0 Å². The Morgan fingerprint density at radius 2 is 2.00 bits per heavy atom. The molecule has 1 heterocycles. The second-order valence-electron chi connectivity index (χ2n) is 4.67. The van der Waals surface area contributed by atoms with Crippen molar-refractivity contribution in [2.45, 2.75) is 13.0 Å². The lowest BCUT2D eigenvalue weighted by Gasteiger charge is -2.13. The average Bonchev–Trinajstić information content (AvgIpc) is 2.56. The Hall–Kier alpha value is -3.00. The lowest BCUT2D eigenvalue weighted by Crippen LogP contribution is -2.30. The number of benzene rings is 1. The first-order chi connectivity index (χ1) is 11.4. The van der Waals surface area contributed by atoms with Crippen LogP contribution in [0.15, 0.2) is 42.6 Å². The molecule has 0 saturated carbocycles. The molecule has 0 spiro atoms. The first-order valence-corrected chi connectivity index (χ1v) is 7.13. The largest absolute Gasteiger partial charge is 0.449 e. The summed E-state index contributed by atoms with van der Waals surface area (Å²) in [4.78, 5) is 38.1. The van der Waals surface area contributed by atoms with Crippen molar-refractivity contribution in [3.8, 4) is 0 Å². The zero-order chi connectivity index (χ0) is 17.7. The topological polar surface area (TPSA) is 111 Å². The van der Waals surface area contributed by atoms with Gasteiger partial charge in [0.05, 0.1) is 9.95 Å². The molecule has 8 nitrogen and oxygen atoms in total. The molecule has 9 heteroatoms. The van der Waals surface area contributed by atoms with Crippen LogP contribution in [0.25, 0.3) is 0 Å². The number of rotatable bonds is 5. The number of para-hydroxylation sites is 1. The number of amides is 1. The molecule has 24 heavy (non-hydrogen) atoms. The van der Waals surface area contributed by atoms with Gasteiger partial charge in [-0.1, -0.05) is 23.7 Å². The van der Waals surface area contributed by atoms with Gasteiger partial charge in [0.1, 0.15) is 11.4 Å². The van der Waals surface area contributed by atoms with Gasteiger partial charge in [-0.3, -0.25) is 14.9 Å². The van der Waals surface area contributed by atoms with E-state index in [4.69, 9.17) is 16.3 Å². The molecule has 0 aliphatic carbocycles. The van der Waals surface area contributed by atoms with Crippen molar-refractivity contribution in [2.75, 3.05) is 5.32 Å². The first kappa shape index (κ1) is 17.4. The molecule has 1 aromatic carbocycles. The van der Waals surface area contributed by atoms with Gasteiger partial charge >= 0.3 is 5.97 Å². The summed E-state index contributed by atoms with van der Waals surface area (Å²) in [5.41, 5.74) is -0.624. The van der Waals surface area contributed by atoms with E-state index in [1.807, 2.05) is 0 Å². The number of carbonyl (C=O) groups excluding carboxylic acids is 2. The number of pyridine rings is 1.